The first-order chi connectivity index (χ1) is 10.3. The molecule has 1 aliphatic rings. The second kappa shape index (κ2) is 7.27. The fourth-order valence-electron chi connectivity index (χ4n) is 2.23. The van der Waals surface area contributed by atoms with Crippen molar-refractivity contribution in [2.75, 3.05) is 18.7 Å². The van der Waals surface area contributed by atoms with Crippen LogP contribution in [0.1, 0.15) is 0 Å². The Morgan fingerprint density at radius 1 is 1.45 bits per heavy atom. The Morgan fingerprint density at radius 2 is 2.18 bits per heavy atom. The molecule has 0 saturated heterocycles. The van der Waals surface area contributed by atoms with Gasteiger partial charge in [0.15, 0.2) is 0 Å². The predicted octanol–water partition coefficient (Wildman–Crippen LogP) is 1.71. The third kappa shape index (κ3) is 4.20. The number of carbonyl (C=O) groups excluding carboxylic acids is 1. The van der Waals surface area contributed by atoms with Gasteiger partial charge >= 0.3 is 147 Å². The van der Waals surface area contributed by atoms with Gasteiger partial charge in [0.1, 0.15) is 0 Å². The Balaban J connectivity index is 2.33. The van der Waals surface area contributed by atoms with Crippen molar-refractivity contribution in [1.82, 2.24) is 0 Å². The first-order valence-corrected chi connectivity index (χ1v) is 13.2. The van der Waals surface area contributed by atoms with Crippen molar-refractivity contribution < 1.29 is 17.9 Å². The van der Waals surface area contributed by atoms with Gasteiger partial charge in [-0.3, -0.25) is 0 Å². The third-order valence-electron chi connectivity index (χ3n) is 3.38. The quantitative estimate of drug-likeness (QED) is 0.534. The number of benzene rings is 1. The van der Waals surface area contributed by atoms with E-state index < -0.39 is 38.8 Å². The number of methoxy groups -OCH3 is 1. The van der Waals surface area contributed by atoms with Crippen molar-refractivity contribution in [3.05, 3.63) is 27.6 Å². The van der Waals surface area contributed by atoms with Crippen LogP contribution in [-0.4, -0.2) is 62.4 Å². The molecule has 0 aromatic heterocycles. The average Bonchev–Trinajstić information content (AvgIpc) is 2.89. The van der Waals surface area contributed by atoms with Crippen LogP contribution in [0.3, 0.4) is 0 Å². The zero-order valence-corrected chi connectivity index (χ0v) is 17.1. The number of hydrogen-bond donors (Lipinski definition) is 1. The van der Waals surface area contributed by atoms with Gasteiger partial charge in [0.25, 0.3) is 0 Å². The van der Waals surface area contributed by atoms with E-state index in [1.165, 1.54) is 19.2 Å². The number of nitrogens with one attached hydrogen (secondary N) is 1. The summed E-state index contributed by atoms with van der Waals surface area (Å²) in [4.78, 5) is 11.5. The fraction of sp³-hybridized carbons (Fsp3) is 0.357. The number of alkyl halides is 1. The molecule has 0 bridgehead atoms. The molecule has 2 unspecified atom stereocenters. The van der Waals surface area contributed by atoms with Gasteiger partial charge in [-0.25, -0.2) is 0 Å². The van der Waals surface area contributed by atoms with E-state index in [0.717, 1.165) is 22.3 Å². The van der Waals surface area contributed by atoms with Crippen LogP contribution in [-0.2, 0) is 14.6 Å². The topological polar surface area (TPSA) is 72.5 Å². The molecule has 0 spiro atoms. The first kappa shape index (κ1) is 17.7. The van der Waals surface area contributed by atoms with E-state index in [1.54, 1.807) is 6.07 Å². The molecule has 1 aromatic carbocycles. The third-order valence-corrected chi connectivity index (χ3v) is 9.64. The van der Waals surface area contributed by atoms with E-state index in [0.29, 0.717) is 11.4 Å². The normalized spacial score (nSPS) is 19.0. The van der Waals surface area contributed by atoms with E-state index in [4.69, 9.17) is 16.3 Å². The summed E-state index contributed by atoms with van der Waals surface area (Å²) in [7, 11) is -1.91. The number of rotatable bonds is 6. The number of sulfone groups is 1. The van der Waals surface area contributed by atoms with Crippen molar-refractivity contribution in [3.63, 3.8) is 0 Å². The molecular formula is C14H16ClInNO4S. The van der Waals surface area contributed by atoms with Crippen LogP contribution in [0.2, 0.25) is 4.18 Å². The molecule has 2 atom stereocenters. The minimum absolute atomic E-state index is 0.0936. The van der Waals surface area contributed by atoms with Crippen LogP contribution < -0.4 is 10.1 Å². The molecule has 0 fully saturated rings. The van der Waals surface area contributed by atoms with Crippen molar-refractivity contribution >= 4 is 56.3 Å². The zero-order valence-electron chi connectivity index (χ0n) is 12.2. The van der Waals surface area contributed by atoms with E-state index in [9.17, 15) is 13.2 Å². The van der Waals surface area contributed by atoms with Gasteiger partial charge in [-0.05, 0) is 0 Å². The maximum absolute atomic E-state index is 11.7. The zero-order chi connectivity index (χ0) is 16.3. The van der Waals surface area contributed by atoms with Crippen LogP contribution >= 0.6 is 11.6 Å². The molecule has 0 amide bonds. The van der Waals surface area contributed by atoms with Crippen molar-refractivity contribution in [2.24, 2.45) is 0 Å². The first-order valence-electron chi connectivity index (χ1n) is 6.63. The SMILES string of the molecule is COc1cc(NC(C=O)C2=[CH][In][CH2]C2Cl)cc(S(C)(=O)=O)c1. The van der Waals surface area contributed by atoms with Gasteiger partial charge < -0.3 is 0 Å². The van der Waals surface area contributed by atoms with E-state index in [-0.39, 0.29) is 10.3 Å². The molecule has 8 heteroatoms. The second-order valence-electron chi connectivity index (χ2n) is 5.03. The van der Waals surface area contributed by atoms with Crippen molar-refractivity contribution in [3.8, 4) is 5.75 Å². The standard InChI is InChI=1S/C14H16ClNO4S.In/c1-9(10(2)15)14(8-17)16-11-5-12(20-3)7-13(6-11)21(4,18)19;/h1,5-8,10,14,16H,2H2,3-4H3;. The Morgan fingerprint density at radius 3 is 2.68 bits per heavy atom. The molecule has 1 N–H and O–H groups in total. The molecule has 1 heterocycles. The average molecular weight is 445 g/mol. The summed E-state index contributed by atoms with van der Waals surface area (Å²) < 4.78 is 31.7. The number of anilines is 1. The summed E-state index contributed by atoms with van der Waals surface area (Å²) in [5.74, 6) is 0.413. The molecule has 1 aliphatic heterocycles. The predicted molar refractivity (Wildman–Crippen MR) is 87.9 cm³/mol. The van der Waals surface area contributed by atoms with E-state index in [2.05, 4.69) is 9.15 Å². The molecule has 0 aliphatic carbocycles. The minimum atomic E-state index is -3.37. The Kier molecular flexibility index (Phi) is 5.85. The molecular weight excluding hydrogens is 428 g/mol. The molecule has 22 heavy (non-hydrogen) atoms. The second-order valence-corrected chi connectivity index (χ2v) is 11.2. The Bertz CT molecular complexity index is 705. The van der Waals surface area contributed by atoms with Gasteiger partial charge in [-0.15, -0.1) is 0 Å². The number of halogens is 1. The van der Waals surface area contributed by atoms with Crippen LogP contribution in [0, 0.1) is 0 Å². The number of ether oxygens (including phenoxy) is 1. The number of aldehydes is 1. The maximum atomic E-state index is 11.7. The van der Waals surface area contributed by atoms with Crippen molar-refractivity contribution in [2.45, 2.75) is 20.5 Å². The Hall–Kier alpha value is -0.660. The van der Waals surface area contributed by atoms with E-state index in [1.807, 2.05) is 0 Å². The summed E-state index contributed by atoms with van der Waals surface area (Å²) >= 11 is 5.46. The fourth-order valence-corrected chi connectivity index (χ4v) is 8.02. The molecule has 5 nitrogen and oxygen atoms in total. The molecule has 2 rings (SSSR count). The number of carbonyl (C=O) groups is 1. The van der Waals surface area contributed by atoms with Gasteiger partial charge in [0.2, 0.25) is 0 Å². The van der Waals surface area contributed by atoms with Gasteiger partial charge in [0.05, 0.1) is 0 Å². The van der Waals surface area contributed by atoms with E-state index >= 15 is 0 Å². The van der Waals surface area contributed by atoms with Crippen LogP contribution in [0.15, 0.2) is 32.5 Å². The van der Waals surface area contributed by atoms with Crippen LogP contribution in [0.25, 0.3) is 0 Å². The summed E-state index contributed by atoms with van der Waals surface area (Å²) in [5, 5.41) is 2.96. The van der Waals surface area contributed by atoms with Gasteiger partial charge in [-0.1, -0.05) is 0 Å². The number of hydrogen-bond acceptors (Lipinski definition) is 5. The van der Waals surface area contributed by atoms with Gasteiger partial charge in [-0.2, -0.15) is 0 Å². The van der Waals surface area contributed by atoms with Crippen LogP contribution in [0.4, 0.5) is 5.69 Å². The Labute approximate surface area is 146 Å². The van der Waals surface area contributed by atoms with Gasteiger partial charge in [0, 0.05) is 0 Å². The summed E-state index contributed by atoms with van der Waals surface area (Å²) in [6.45, 7) is 0. The summed E-state index contributed by atoms with van der Waals surface area (Å²) in [6.07, 6.45) is 1.93. The molecule has 1 radical (unpaired) electrons. The summed E-state index contributed by atoms with van der Waals surface area (Å²) in [5.41, 5.74) is 1.42. The summed E-state index contributed by atoms with van der Waals surface area (Å²) in [6, 6.07) is 4.07. The monoisotopic (exact) mass is 444 g/mol. The molecule has 1 aromatic rings. The van der Waals surface area contributed by atoms with Crippen LogP contribution in [0.5, 0.6) is 5.75 Å². The molecule has 0 saturated carbocycles. The van der Waals surface area contributed by atoms with Crippen molar-refractivity contribution in [1.29, 1.82) is 0 Å². The molecule has 117 valence electrons.